The first-order chi connectivity index (χ1) is 11.1. The number of ether oxygens (including phenoxy) is 2. The Bertz CT molecular complexity index is 731. The van der Waals surface area contributed by atoms with E-state index in [0.717, 1.165) is 12.0 Å². The fraction of sp³-hybridized carbons (Fsp3) is 0.250. The van der Waals surface area contributed by atoms with Crippen LogP contribution in [0.3, 0.4) is 0 Å². The van der Waals surface area contributed by atoms with Crippen molar-refractivity contribution in [3.05, 3.63) is 52.8 Å². The number of anilines is 1. The first-order valence-electron chi connectivity index (χ1n) is 7.02. The van der Waals surface area contributed by atoms with Crippen molar-refractivity contribution in [2.45, 2.75) is 11.6 Å². The summed E-state index contributed by atoms with van der Waals surface area (Å²) in [6.07, 6.45) is 2.62. The topological polar surface area (TPSA) is 90.2 Å². The Morgan fingerprint density at radius 2 is 2.22 bits per heavy atom. The number of thioether (sulfide) groups is 1. The normalized spacial score (nSPS) is 10.3. The Kier molecular flexibility index (Phi) is 6.10. The third-order valence-electron chi connectivity index (χ3n) is 2.93. The summed E-state index contributed by atoms with van der Waals surface area (Å²) in [5.74, 6) is 2.18. The van der Waals surface area contributed by atoms with Gasteiger partial charge in [0.15, 0.2) is 16.7 Å². The molecule has 0 aliphatic heterocycles. The van der Waals surface area contributed by atoms with E-state index in [-0.39, 0.29) is 11.4 Å². The van der Waals surface area contributed by atoms with Crippen molar-refractivity contribution in [1.82, 2.24) is 9.97 Å². The molecular weight excluding hydrogens is 314 g/mol. The van der Waals surface area contributed by atoms with Gasteiger partial charge in [-0.3, -0.25) is 4.79 Å². The molecule has 1 heterocycles. The van der Waals surface area contributed by atoms with Crippen LogP contribution in [0, 0.1) is 0 Å². The molecule has 2 rings (SSSR count). The number of hydrogen-bond acceptors (Lipinski definition) is 6. The zero-order chi connectivity index (χ0) is 16.7. The minimum absolute atomic E-state index is 0.205. The molecule has 0 radical (unpaired) electrons. The fourth-order valence-electron chi connectivity index (χ4n) is 1.94. The SMILES string of the molecule is C=CCc1ccc(OCCSc2nc(N)cc(=O)[nH]2)c(OC)c1. The molecule has 7 heteroatoms. The van der Waals surface area contributed by atoms with Crippen LogP contribution in [0.15, 0.2) is 46.9 Å². The van der Waals surface area contributed by atoms with E-state index in [1.165, 1.54) is 17.8 Å². The van der Waals surface area contributed by atoms with Crippen LogP contribution in [0.2, 0.25) is 0 Å². The molecule has 0 aliphatic rings. The van der Waals surface area contributed by atoms with Gasteiger partial charge < -0.3 is 20.2 Å². The number of nitrogens with two attached hydrogens (primary N) is 1. The second kappa shape index (κ2) is 8.28. The second-order valence-electron chi connectivity index (χ2n) is 4.65. The number of aromatic amines is 1. The number of H-pyrrole nitrogens is 1. The van der Waals surface area contributed by atoms with Crippen LogP contribution >= 0.6 is 11.8 Å². The number of hydrogen-bond donors (Lipinski definition) is 2. The minimum Gasteiger partial charge on any atom is -0.493 e. The summed E-state index contributed by atoms with van der Waals surface area (Å²) in [6, 6.07) is 7.03. The van der Waals surface area contributed by atoms with E-state index in [0.29, 0.717) is 29.0 Å². The maximum Gasteiger partial charge on any atom is 0.253 e. The highest BCUT2D eigenvalue weighted by atomic mass is 32.2. The Balaban J connectivity index is 1.90. The zero-order valence-electron chi connectivity index (χ0n) is 12.9. The predicted octanol–water partition coefficient (Wildman–Crippen LogP) is 2.26. The zero-order valence-corrected chi connectivity index (χ0v) is 13.7. The van der Waals surface area contributed by atoms with Crippen LogP contribution in [0.1, 0.15) is 5.56 Å². The van der Waals surface area contributed by atoms with E-state index in [1.807, 2.05) is 24.3 Å². The highest BCUT2D eigenvalue weighted by molar-refractivity contribution is 7.99. The van der Waals surface area contributed by atoms with Crippen molar-refractivity contribution in [2.75, 3.05) is 25.2 Å². The summed E-state index contributed by atoms with van der Waals surface area (Å²) < 4.78 is 11.1. The number of nitrogens with one attached hydrogen (secondary N) is 1. The van der Waals surface area contributed by atoms with Gasteiger partial charge in [0, 0.05) is 11.8 Å². The van der Waals surface area contributed by atoms with E-state index in [9.17, 15) is 4.79 Å². The van der Waals surface area contributed by atoms with E-state index >= 15 is 0 Å². The van der Waals surface area contributed by atoms with E-state index in [4.69, 9.17) is 15.2 Å². The summed E-state index contributed by atoms with van der Waals surface area (Å²) in [5.41, 5.74) is 6.38. The number of benzene rings is 1. The van der Waals surface area contributed by atoms with Crippen molar-refractivity contribution in [2.24, 2.45) is 0 Å². The minimum atomic E-state index is -0.264. The molecule has 0 unspecified atom stereocenters. The number of nitrogen functional groups attached to an aromatic ring is 1. The van der Waals surface area contributed by atoms with Gasteiger partial charge in [-0.05, 0) is 24.1 Å². The van der Waals surface area contributed by atoms with Gasteiger partial charge in [-0.1, -0.05) is 23.9 Å². The van der Waals surface area contributed by atoms with Crippen LogP contribution in [-0.2, 0) is 6.42 Å². The number of aromatic nitrogens is 2. The molecule has 0 aliphatic carbocycles. The molecule has 0 fully saturated rings. The summed E-state index contributed by atoms with van der Waals surface area (Å²) in [4.78, 5) is 17.9. The monoisotopic (exact) mass is 333 g/mol. The molecule has 0 amide bonds. The summed E-state index contributed by atoms with van der Waals surface area (Å²) >= 11 is 1.37. The van der Waals surface area contributed by atoms with Crippen molar-refractivity contribution in [3.8, 4) is 11.5 Å². The highest BCUT2D eigenvalue weighted by Gasteiger charge is 2.06. The lowest BCUT2D eigenvalue weighted by Crippen LogP contribution is -2.10. The quantitative estimate of drug-likeness (QED) is 0.333. The number of methoxy groups -OCH3 is 1. The lowest BCUT2D eigenvalue weighted by atomic mass is 10.1. The van der Waals surface area contributed by atoms with E-state index in [1.54, 1.807) is 7.11 Å². The fourth-order valence-corrected chi connectivity index (χ4v) is 2.64. The van der Waals surface area contributed by atoms with Gasteiger partial charge in [0.05, 0.1) is 13.7 Å². The third-order valence-corrected chi connectivity index (χ3v) is 3.77. The summed E-state index contributed by atoms with van der Waals surface area (Å²) in [7, 11) is 1.61. The molecule has 122 valence electrons. The van der Waals surface area contributed by atoms with Crippen LogP contribution in [0.5, 0.6) is 11.5 Å². The number of allylic oxidation sites excluding steroid dienone is 1. The molecular formula is C16H19N3O3S. The predicted molar refractivity (Wildman–Crippen MR) is 92.4 cm³/mol. The summed E-state index contributed by atoms with van der Waals surface area (Å²) in [5, 5.41) is 0.479. The molecule has 2 aromatic rings. The molecule has 0 saturated carbocycles. The number of nitrogens with zero attached hydrogens (tertiary/aromatic N) is 1. The van der Waals surface area contributed by atoms with Gasteiger partial charge in [0.25, 0.3) is 5.56 Å². The van der Waals surface area contributed by atoms with Gasteiger partial charge in [0.2, 0.25) is 0 Å². The average Bonchev–Trinajstić information content (AvgIpc) is 2.52. The Hall–Kier alpha value is -2.41. The van der Waals surface area contributed by atoms with E-state index in [2.05, 4.69) is 16.5 Å². The van der Waals surface area contributed by atoms with Crippen molar-refractivity contribution in [1.29, 1.82) is 0 Å². The van der Waals surface area contributed by atoms with Gasteiger partial charge in [-0.15, -0.1) is 6.58 Å². The van der Waals surface area contributed by atoms with Crippen LogP contribution in [-0.4, -0.2) is 29.4 Å². The third kappa shape index (κ3) is 5.07. The molecule has 23 heavy (non-hydrogen) atoms. The molecule has 0 saturated heterocycles. The Morgan fingerprint density at radius 1 is 1.39 bits per heavy atom. The summed E-state index contributed by atoms with van der Waals surface area (Å²) in [6.45, 7) is 4.17. The lowest BCUT2D eigenvalue weighted by molar-refractivity contribution is 0.313. The molecule has 0 atom stereocenters. The maximum absolute atomic E-state index is 11.3. The van der Waals surface area contributed by atoms with Gasteiger partial charge in [-0.2, -0.15) is 0 Å². The average molecular weight is 333 g/mol. The van der Waals surface area contributed by atoms with Crippen LogP contribution in [0.4, 0.5) is 5.82 Å². The van der Waals surface area contributed by atoms with Gasteiger partial charge >= 0.3 is 0 Å². The molecule has 6 nitrogen and oxygen atoms in total. The first kappa shape index (κ1) is 17.0. The van der Waals surface area contributed by atoms with Crippen LogP contribution in [0.25, 0.3) is 0 Å². The smallest absolute Gasteiger partial charge is 0.253 e. The largest absolute Gasteiger partial charge is 0.493 e. The first-order valence-corrected chi connectivity index (χ1v) is 8.01. The standard InChI is InChI=1S/C16H19N3O3S/c1-3-4-11-5-6-12(13(9-11)21-2)22-7-8-23-16-18-14(17)10-15(20)19-16/h3,5-6,9-10H,1,4,7-8H2,2H3,(H3,17,18,19,20). The molecule has 3 N–H and O–H groups in total. The number of rotatable bonds is 8. The maximum atomic E-state index is 11.3. The van der Waals surface area contributed by atoms with Crippen molar-refractivity contribution >= 4 is 17.6 Å². The Labute approximate surface area is 138 Å². The molecule has 0 bridgehead atoms. The van der Waals surface area contributed by atoms with E-state index < -0.39 is 0 Å². The van der Waals surface area contributed by atoms with Crippen molar-refractivity contribution < 1.29 is 9.47 Å². The molecule has 1 aromatic carbocycles. The lowest BCUT2D eigenvalue weighted by Gasteiger charge is -2.11. The Morgan fingerprint density at radius 3 is 2.91 bits per heavy atom. The van der Waals surface area contributed by atoms with Crippen molar-refractivity contribution in [3.63, 3.8) is 0 Å². The van der Waals surface area contributed by atoms with Gasteiger partial charge in [0.1, 0.15) is 5.82 Å². The van der Waals surface area contributed by atoms with Gasteiger partial charge in [-0.25, -0.2) is 4.98 Å². The highest BCUT2D eigenvalue weighted by Crippen LogP contribution is 2.28. The molecule has 1 aromatic heterocycles. The second-order valence-corrected chi connectivity index (χ2v) is 5.73. The van der Waals surface area contributed by atoms with Crippen LogP contribution < -0.4 is 20.8 Å². The molecule has 0 spiro atoms.